The summed E-state index contributed by atoms with van der Waals surface area (Å²) >= 11 is 7.73. The molecular weight excluding hydrogens is 359 g/mol. The average Bonchev–Trinajstić information content (AvgIpc) is 2.46. The molecule has 2 aromatic rings. The smallest absolute Gasteiger partial charge is 0.0711 e. The van der Waals surface area contributed by atoms with Gasteiger partial charge in [-0.3, -0.25) is 0 Å². The van der Waals surface area contributed by atoms with Crippen molar-refractivity contribution in [3.8, 4) is 0 Å². The van der Waals surface area contributed by atoms with E-state index in [0.29, 0.717) is 0 Å². The van der Waals surface area contributed by atoms with Crippen LogP contribution in [0.1, 0.15) is 12.5 Å². The molecule has 0 bridgehead atoms. The van der Waals surface area contributed by atoms with Crippen LogP contribution in [0.2, 0.25) is 0 Å². The van der Waals surface area contributed by atoms with E-state index in [0.717, 1.165) is 6.42 Å². The van der Waals surface area contributed by atoms with Crippen molar-refractivity contribution in [3.63, 3.8) is 0 Å². The molecule has 68 valence electrons. The lowest BCUT2D eigenvalue weighted by molar-refractivity contribution is 1.14. The molecule has 0 saturated carbocycles. The quantitative estimate of drug-likeness (QED) is 0.634. The standard InChI is InChI=1S/C10H8BrIS/c1-2-6-3-8(12)7-5-10(11)13-9(7)4-6/h3-5H,2H2,1H3. The maximum atomic E-state index is 3.52. The summed E-state index contributed by atoms with van der Waals surface area (Å²) in [4.78, 5) is 0. The number of benzene rings is 1. The Labute approximate surface area is 104 Å². The lowest BCUT2D eigenvalue weighted by Crippen LogP contribution is -1.81. The van der Waals surface area contributed by atoms with Gasteiger partial charge < -0.3 is 0 Å². The number of hydrogen-bond donors (Lipinski definition) is 0. The molecule has 1 aromatic heterocycles. The Kier molecular flexibility index (Phi) is 2.95. The molecule has 0 radical (unpaired) electrons. The van der Waals surface area contributed by atoms with Gasteiger partial charge in [-0.15, -0.1) is 11.3 Å². The van der Waals surface area contributed by atoms with E-state index in [1.165, 1.54) is 23.0 Å². The number of thiophene rings is 1. The second-order valence-electron chi connectivity index (χ2n) is 2.89. The Balaban J connectivity index is 2.75. The summed E-state index contributed by atoms with van der Waals surface area (Å²) in [5, 5.41) is 1.37. The zero-order valence-corrected chi connectivity index (χ0v) is 11.7. The SMILES string of the molecule is CCc1cc(I)c2cc(Br)sc2c1. The number of halogens is 2. The van der Waals surface area contributed by atoms with Crippen LogP contribution in [0.15, 0.2) is 22.0 Å². The molecular formula is C10H8BrIS. The van der Waals surface area contributed by atoms with Gasteiger partial charge in [-0.1, -0.05) is 6.92 Å². The lowest BCUT2D eigenvalue weighted by atomic mass is 10.1. The van der Waals surface area contributed by atoms with Crippen molar-refractivity contribution in [2.24, 2.45) is 0 Å². The van der Waals surface area contributed by atoms with E-state index >= 15 is 0 Å². The van der Waals surface area contributed by atoms with Gasteiger partial charge in [0.1, 0.15) is 0 Å². The minimum absolute atomic E-state index is 1.11. The maximum Gasteiger partial charge on any atom is 0.0711 e. The Morgan fingerprint density at radius 1 is 1.38 bits per heavy atom. The second kappa shape index (κ2) is 3.87. The normalized spacial score (nSPS) is 11.0. The van der Waals surface area contributed by atoms with Crippen molar-refractivity contribution in [1.29, 1.82) is 0 Å². The molecule has 0 saturated heterocycles. The zero-order valence-electron chi connectivity index (χ0n) is 7.10. The van der Waals surface area contributed by atoms with Gasteiger partial charge in [0, 0.05) is 13.7 Å². The van der Waals surface area contributed by atoms with Gasteiger partial charge in [-0.2, -0.15) is 0 Å². The van der Waals surface area contributed by atoms with Crippen molar-refractivity contribution < 1.29 is 0 Å². The highest BCUT2D eigenvalue weighted by Gasteiger charge is 2.04. The molecule has 0 fully saturated rings. The van der Waals surface area contributed by atoms with E-state index in [4.69, 9.17) is 0 Å². The fourth-order valence-corrected chi connectivity index (χ4v) is 3.98. The first-order chi connectivity index (χ1) is 6.20. The molecule has 0 N–H and O–H groups in total. The van der Waals surface area contributed by atoms with E-state index in [2.05, 4.69) is 63.6 Å². The Morgan fingerprint density at radius 2 is 2.15 bits per heavy atom. The summed E-state index contributed by atoms with van der Waals surface area (Å²) < 4.78 is 3.96. The van der Waals surface area contributed by atoms with Crippen molar-refractivity contribution in [2.75, 3.05) is 0 Å². The molecule has 3 heteroatoms. The fraction of sp³-hybridized carbons (Fsp3) is 0.200. The molecule has 0 aliphatic rings. The first kappa shape index (κ1) is 9.93. The van der Waals surface area contributed by atoms with Crippen LogP contribution < -0.4 is 0 Å². The third kappa shape index (κ3) is 1.92. The first-order valence-corrected chi connectivity index (χ1v) is 6.77. The van der Waals surface area contributed by atoms with Gasteiger partial charge in [0.25, 0.3) is 0 Å². The maximum absolute atomic E-state index is 3.52. The Bertz CT molecular complexity index is 447. The zero-order chi connectivity index (χ0) is 9.42. The van der Waals surface area contributed by atoms with Gasteiger partial charge in [0.05, 0.1) is 3.79 Å². The fourth-order valence-electron chi connectivity index (χ4n) is 1.32. The van der Waals surface area contributed by atoms with Gasteiger partial charge in [0.15, 0.2) is 0 Å². The van der Waals surface area contributed by atoms with Crippen LogP contribution >= 0.6 is 49.9 Å². The highest BCUT2D eigenvalue weighted by Crippen LogP contribution is 2.33. The largest absolute Gasteiger partial charge is 0.128 e. The van der Waals surface area contributed by atoms with Gasteiger partial charge in [-0.05, 0) is 68.7 Å². The molecule has 0 nitrogen and oxygen atoms in total. The van der Waals surface area contributed by atoms with Gasteiger partial charge >= 0.3 is 0 Å². The van der Waals surface area contributed by atoms with Crippen molar-refractivity contribution >= 4 is 59.9 Å². The van der Waals surface area contributed by atoms with E-state index in [1.807, 2.05) is 11.3 Å². The van der Waals surface area contributed by atoms with Crippen LogP contribution in [0.25, 0.3) is 10.1 Å². The first-order valence-electron chi connectivity index (χ1n) is 4.08. The Morgan fingerprint density at radius 3 is 2.85 bits per heavy atom. The third-order valence-corrected chi connectivity index (χ3v) is 4.50. The van der Waals surface area contributed by atoms with Gasteiger partial charge in [0.2, 0.25) is 0 Å². The van der Waals surface area contributed by atoms with Crippen LogP contribution in [0.5, 0.6) is 0 Å². The van der Waals surface area contributed by atoms with E-state index < -0.39 is 0 Å². The van der Waals surface area contributed by atoms with E-state index in [-0.39, 0.29) is 0 Å². The molecule has 0 atom stereocenters. The van der Waals surface area contributed by atoms with Gasteiger partial charge in [-0.25, -0.2) is 0 Å². The van der Waals surface area contributed by atoms with Crippen LogP contribution in [-0.4, -0.2) is 0 Å². The predicted octanol–water partition coefficient (Wildman–Crippen LogP) is 4.83. The highest BCUT2D eigenvalue weighted by atomic mass is 127. The molecule has 0 unspecified atom stereocenters. The minimum atomic E-state index is 1.11. The molecule has 1 heterocycles. The molecule has 2 rings (SSSR count). The molecule has 13 heavy (non-hydrogen) atoms. The summed E-state index contributed by atoms with van der Waals surface area (Å²) in [6.07, 6.45) is 1.11. The summed E-state index contributed by atoms with van der Waals surface area (Å²) in [6, 6.07) is 6.75. The summed E-state index contributed by atoms with van der Waals surface area (Å²) in [7, 11) is 0. The summed E-state index contributed by atoms with van der Waals surface area (Å²) in [5.74, 6) is 0. The number of rotatable bonds is 1. The third-order valence-electron chi connectivity index (χ3n) is 2.02. The van der Waals surface area contributed by atoms with Crippen molar-refractivity contribution in [1.82, 2.24) is 0 Å². The Hall–Kier alpha value is 0.390. The minimum Gasteiger partial charge on any atom is -0.128 e. The summed E-state index contributed by atoms with van der Waals surface area (Å²) in [6.45, 7) is 2.19. The number of aryl methyl sites for hydroxylation is 1. The molecule has 0 aliphatic carbocycles. The second-order valence-corrected chi connectivity index (χ2v) is 6.52. The molecule has 0 spiro atoms. The van der Waals surface area contributed by atoms with Crippen LogP contribution in [0, 0.1) is 3.57 Å². The highest BCUT2D eigenvalue weighted by molar-refractivity contribution is 14.1. The van der Waals surface area contributed by atoms with E-state index in [1.54, 1.807) is 0 Å². The number of fused-ring (bicyclic) bond motifs is 1. The number of hydrogen-bond acceptors (Lipinski definition) is 1. The van der Waals surface area contributed by atoms with Crippen LogP contribution in [0.4, 0.5) is 0 Å². The monoisotopic (exact) mass is 366 g/mol. The van der Waals surface area contributed by atoms with Crippen LogP contribution in [0.3, 0.4) is 0 Å². The lowest BCUT2D eigenvalue weighted by Gasteiger charge is -1.98. The molecule has 1 aromatic carbocycles. The van der Waals surface area contributed by atoms with Crippen LogP contribution in [-0.2, 0) is 6.42 Å². The van der Waals surface area contributed by atoms with E-state index in [9.17, 15) is 0 Å². The molecule has 0 amide bonds. The molecule has 0 aliphatic heterocycles. The topological polar surface area (TPSA) is 0 Å². The summed E-state index contributed by atoms with van der Waals surface area (Å²) in [5.41, 5.74) is 1.42. The predicted molar refractivity (Wildman–Crippen MR) is 71.6 cm³/mol. The van der Waals surface area contributed by atoms with Crippen molar-refractivity contribution in [2.45, 2.75) is 13.3 Å². The van der Waals surface area contributed by atoms with Crippen molar-refractivity contribution in [3.05, 3.63) is 31.1 Å². The average molecular weight is 367 g/mol.